The summed E-state index contributed by atoms with van der Waals surface area (Å²) in [6.07, 6.45) is 1.74. The average Bonchev–Trinajstić information content (AvgIpc) is 2.30. The standard InChI is InChI=1S/C12H19NO4/c1-12(2,3)17-10(15)8-13-7-5-4-6-9(14)11(13)16/h4-8H2,1-3H3. The van der Waals surface area contributed by atoms with Crippen LogP contribution in [0.2, 0.25) is 0 Å². The molecule has 0 aromatic rings. The molecule has 0 aromatic carbocycles. The third-order valence-corrected chi connectivity index (χ3v) is 2.35. The van der Waals surface area contributed by atoms with Crippen molar-refractivity contribution in [1.82, 2.24) is 4.90 Å². The first-order valence-electron chi connectivity index (χ1n) is 5.83. The molecule has 0 unspecified atom stereocenters. The van der Waals surface area contributed by atoms with Crippen molar-refractivity contribution in [1.29, 1.82) is 0 Å². The number of hydrogen-bond donors (Lipinski definition) is 0. The van der Waals surface area contributed by atoms with Gasteiger partial charge < -0.3 is 9.64 Å². The summed E-state index contributed by atoms with van der Waals surface area (Å²) in [7, 11) is 0. The second-order valence-electron chi connectivity index (χ2n) is 5.19. The van der Waals surface area contributed by atoms with Gasteiger partial charge in [-0.25, -0.2) is 0 Å². The van der Waals surface area contributed by atoms with Crippen LogP contribution < -0.4 is 0 Å². The van der Waals surface area contributed by atoms with Gasteiger partial charge in [0.15, 0.2) is 0 Å². The van der Waals surface area contributed by atoms with Crippen molar-refractivity contribution in [3.63, 3.8) is 0 Å². The molecule has 0 aliphatic carbocycles. The normalized spacial score (nSPS) is 17.9. The minimum atomic E-state index is -0.573. The molecule has 1 fully saturated rings. The number of Topliss-reactive ketones (excluding diaryl/α,β-unsaturated/α-hetero) is 1. The maximum atomic E-state index is 11.6. The Balaban J connectivity index is 2.57. The smallest absolute Gasteiger partial charge is 0.326 e. The van der Waals surface area contributed by atoms with Crippen LogP contribution in [0, 0.1) is 0 Å². The lowest BCUT2D eigenvalue weighted by molar-refractivity contribution is -0.159. The molecule has 1 saturated heterocycles. The highest BCUT2D eigenvalue weighted by Crippen LogP contribution is 2.11. The highest BCUT2D eigenvalue weighted by molar-refractivity contribution is 6.36. The van der Waals surface area contributed by atoms with Gasteiger partial charge in [0.2, 0.25) is 5.78 Å². The molecule has 0 saturated carbocycles. The average molecular weight is 241 g/mol. The molecule has 1 amide bonds. The van der Waals surface area contributed by atoms with Crippen LogP contribution in [0.4, 0.5) is 0 Å². The van der Waals surface area contributed by atoms with E-state index >= 15 is 0 Å². The lowest BCUT2D eigenvalue weighted by atomic mass is 10.2. The number of carbonyl (C=O) groups excluding carboxylic acids is 3. The van der Waals surface area contributed by atoms with Gasteiger partial charge >= 0.3 is 5.97 Å². The first-order valence-corrected chi connectivity index (χ1v) is 5.83. The molecular formula is C12H19NO4. The fourth-order valence-electron chi connectivity index (χ4n) is 1.65. The molecule has 0 spiro atoms. The molecule has 0 bridgehead atoms. The quantitative estimate of drug-likeness (QED) is 0.532. The Hall–Kier alpha value is -1.39. The van der Waals surface area contributed by atoms with Crippen LogP contribution in [0.1, 0.15) is 40.0 Å². The van der Waals surface area contributed by atoms with Crippen LogP contribution in [0.15, 0.2) is 0 Å². The van der Waals surface area contributed by atoms with Gasteiger partial charge in [-0.3, -0.25) is 14.4 Å². The number of esters is 1. The van der Waals surface area contributed by atoms with Crippen molar-refractivity contribution >= 4 is 17.7 Å². The van der Waals surface area contributed by atoms with Crippen molar-refractivity contribution in [2.75, 3.05) is 13.1 Å². The predicted octanol–water partition coefficient (Wildman–Crippen LogP) is 0.910. The zero-order valence-electron chi connectivity index (χ0n) is 10.6. The van der Waals surface area contributed by atoms with Gasteiger partial charge in [-0.2, -0.15) is 0 Å². The van der Waals surface area contributed by atoms with E-state index < -0.39 is 23.3 Å². The second-order valence-corrected chi connectivity index (χ2v) is 5.19. The fourth-order valence-corrected chi connectivity index (χ4v) is 1.65. The summed E-state index contributed by atoms with van der Waals surface area (Å²) in [5.41, 5.74) is -0.573. The topological polar surface area (TPSA) is 63.7 Å². The van der Waals surface area contributed by atoms with Gasteiger partial charge in [0, 0.05) is 13.0 Å². The number of ketones is 1. The van der Waals surface area contributed by atoms with E-state index in [2.05, 4.69) is 0 Å². The molecule has 1 aliphatic rings. The maximum Gasteiger partial charge on any atom is 0.326 e. The Labute approximate surface area is 101 Å². The van der Waals surface area contributed by atoms with Crippen molar-refractivity contribution in [3.05, 3.63) is 0 Å². The van der Waals surface area contributed by atoms with Crippen LogP contribution >= 0.6 is 0 Å². The van der Waals surface area contributed by atoms with Gasteiger partial charge in [-0.1, -0.05) is 0 Å². The Bertz CT molecular complexity index is 330. The monoisotopic (exact) mass is 241 g/mol. The zero-order valence-corrected chi connectivity index (χ0v) is 10.6. The SMILES string of the molecule is CC(C)(C)OC(=O)CN1CCCCC(=O)C1=O. The van der Waals surface area contributed by atoms with E-state index in [0.29, 0.717) is 13.0 Å². The van der Waals surface area contributed by atoms with Gasteiger partial charge in [-0.05, 0) is 33.6 Å². The molecule has 1 rings (SSSR count). The molecular weight excluding hydrogens is 222 g/mol. The summed E-state index contributed by atoms with van der Waals surface area (Å²) in [6.45, 7) is 5.60. The van der Waals surface area contributed by atoms with E-state index in [1.165, 1.54) is 4.90 Å². The maximum absolute atomic E-state index is 11.6. The van der Waals surface area contributed by atoms with Gasteiger partial charge in [-0.15, -0.1) is 0 Å². The Morgan fingerprint density at radius 1 is 1.29 bits per heavy atom. The van der Waals surface area contributed by atoms with Gasteiger partial charge in [0.05, 0.1) is 0 Å². The van der Waals surface area contributed by atoms with Crippen LogP contribution in [0.5, 0.6) is 0 Å². The number of hydrogen-bond acceptors (Lipinski definition) is 4. The lowest BCUT2D eigenvalue weighted by Gasteiger charge is -2.23. The molecule has 5 nitrogen and oxygen atoms in total. The summed E-state index contributed by atoms with van der Waals surface area (Å²) in [4.78, 5) is 35.8. The Morgan fingerprint density at radius 2 is 1.94 bits per heavy atom. The summed E-state index contributed by atoms with van der Waals surface area (Å²) < 4.78 is 5.12. The fraction of sp³-hybridized carbons (Fsp3) is 0.750. The van der Waals surface area contributed by atoms with Crippen LogP contribution in [-0.4, -0.2) is 41.3 Å². The van der Waals surface area contributed by atoms with Crippen molar-refractivity contribution in [3.8, 4) is 0 Å². The Morgan fingerprint density at radius 3 is 2.53 bits per heavy atom. The van der Waals surface area contributed by atoms with Crippen LogP contribution in [0.25, 0.3) is 0 Å². The molecule has 0 radical (unpaired) electrons. The minimum Gasteiger partial charge on any atom is -0.459 e. The summed E-state index contributed by atoms with van der Waals surface area (Å²) in [6, 6.07) is 0. The lowest BCUT2D eigenvalue weighted by Crippen LogP contribution is -2.41. The van der Waals surface area contributed by atoms with Crippen molar-refractivity contribution < 1.29 is 19.1 Å². The number of rotatable bonds is 2. The predicted molar refractivity (Wildman–Crippen MR) is 61.3 cm³/mol. The third kappa shape index (κ3) is 4.54. The largest absolute Gasteiger partial charge is 0.459 e. The number of likely N-dealkylation sites (tertiary alicyclic amines) is 1. The van der Waals surface area contributed by atoms with E-state index in [1.54, 1.807) is 20.8 Å². The molecule has 96 valence electrons. The van der Waals surface area contributed by atoms with Crippen molar-refractivity contribution in [2.24, 2.45) is 0 Å². The van der Waals surface area contributed by atoms with Crippen LogP contribution in [0.3, 0.4) is 0 Å². The van der Waals surface area contributed by atoms with Crippen LogP contribution in [-0.2, 0) is 19.1 Å². The molecule has 0 N–H and O–H groups in total. The molecule has 0 atom stereocenters. The van der Waals surface area contributed by atoms with Gasteiger partial charge in [0.25, 0.3) is 5.91 Å². The number of amides is 1. The minimum absolute atomic E-state index is 0.137. The van der Waals surface area contributed by atoms with E-state index in [9.17, 15) is 14.4 Å². The second kappa shape index (κ2) is 5.29. The summed E-state index contributed by atoms with van der Waals surface area (Å²) >= 11 is 0. The number of nitrogens with zero attached hydrogens (tertiary/aromatic N) is 1. The van der Waals surface area contributed by atoms with E-state index in [-0.39, 0.29) is 13.0 Å². The van der Waals surface area contributed by atoms with E-state index in [4.69, 9.17) is 4.74 Å². The highest BCUT2D eigenvalue weighted by atomic mass is 16.6. The molecule has 0 aromatic heterocycles. The molecule has 17 heavy (non-hydrogen) atoms. The first-order chi connectivity index (χ1) is 7.79. The molecule has 1 heterocycles. The van der Waals surface area contributed by atoms with E-state index in [0.717, 1.165) is 6.42 Å². The van der Waals surface area contributed by atoms with Gasteiger partial charge in [0.1, 0.15) is 12.1 Å². The van der Waals surface area contributed by atoms with Crippen molar-refractivity contribution in [2.45, 2.75) is 45.6 Å². The highest BCUT2D eigenvalue weighted by Gasteiger charge is 2.27. The zero-order chi connectivity index (χ0) is 13.1. The third-order valence-electron chi connectivity index (χ3n) is 2.35. The van der Waals surface area contributed by atoms with E-state index in [1.807, 2.05) is 0 Å². The molecule has 5 heteroatoms. The summed E-state index contributed by atoms with van der Waals surface area (Å²) in [5.74, 6) is -1.44. The summed E-state index contributed by atoms with van der Waals surface area (Å²) in [5, 5.41) is 0. The Kier molecular flexibility index (Phi) is 4.26. The number of ether oxygens (including phenoxy) is 1. The molecule has 1 aliphatic heterocycles. The number of carbonyl (C=O) groups is 3. The first kappa shape index (κ1) is 13.7.